The van der Waals surface area contributed by atoms with E-state index in [-0.39, 0.29) is 6.03 Å². The Bertz CT molecular complexity index is 1200. The molecule has 2 aromatic carbocycles. The smallest absolute Gasteiger partial charge is 0.319 e. The highest BCUT2D eigenvalue weighted by Crippen LogP contribution is 2.29. The van der Waals surface area contributed by atoms with Crippen molar-refractivity contribution in [3.8, 4) is 23.0 Å². The molecule has 0 bridgehead atoms. The van der Waals surface area contributed by atoms with E-state index in [0.717, 1.165) is 22.8 Å². The summed E-state index contributed by atoms with van der Waals surface area (Å²) in [6.45, 7) is 2.25. The quantitative estimate of drug-likeness (QED) is 0.457. The van der Waals surface area contributed by atoms with E-state index in [1.54, 1.807) is 32.4 Å². The molecule has 2 N–H and O–H groups in total. The van der Waals surface area contributed by atoms with Gasteiger partial charge in [0.05, 0.1) is 32.1 Å². The summed E-state index contributed by atoms with van der Waals surface area (Å²) < 4.78 is 14.4. The highest BCUT2D eigenvalue weighted by atomic mass is 16.5. The number of urea groups is 1. The molecule has 8 nitrogen and oxygen atoms in total. The number of rotatable bonds is 7. The van der Waals surface area contributed by atoms with Gasteiger partial charge < -0.3 is 24.7 Å². The average Bonchev–Trinajstić information content (AvgIpc) is 3.46. The molecule has 0 spiro atoms. The molecule has 0 aliphatic heterocycles. The number of amides is 2. The first-order valence-corrected chi connectivity index (χ1v) is 10.1. The van der Waals surface area contributed by atoms with Gasteiger partial charge >= 0.3 is 6.03 Å². The standard InChI is InChI=1S/C24H25N5O3/c1-17-20(16-25-24(30)26-18-11-12-21(31-2)22(15-18)32-3)23(28-13-7-8-14-28)29(27-17)19-9-5-4-6-10-19/h4-15H,16H2,1-3H3,(H2,25,26,30). The van der Waals surface area contributed by atoms with Crippen LogP contribution in [-0.4, -0.2) is 34.6 Å². The summed E-state index contributed by atoms with van der Waals surface area (Å²) >= 11 is 0. The molecule has 0 aliphatic rings. The molecule has 164 valence electrons. The van der Waals surface area contributed by atoms with Crippen molar-refractivity contribution in [2.24, 2.45) is 0 Å². The summed E-state index contributed by atoms with van der Waals surface area (Å²) in [5.41, 5.74) is 3.30. The predicted molar refractivity (Wildman–Crippen MR) is 123 cm³/mol. The van der Waals surface area contributed by atoms with Crippen molar-refractivity contribution in [3.63, 3.8) is 0 Å². The number of benzene rings is 2. The molecule has 4 rings (SSSR count). The molecule has 0 atom stereocenters. The first-order valence-electron chi connectivity index (χ1n) is 10.1. The summed E-state index contributed by atoms with van der Waals surface area (Å²) in [5, 5.41) is 10.5. The molecule has 0 aliphatic carbocycles. The maximum Gasteiger partial charge on any atom is 0.319 e. The third kappa shape index (κ3) is 4.29. The summed E-state index contributed by atoms with van der Waals surface area (Å²) in [4.78, 5) is 12.6. The van der Waals surface area contributed by atoms with Crippen LogP contribution in [-0.2, 0) is 6.54 Å². The van der Waals surface area contributed by atoms with E-state index < -0.39 is 0 Å². The molecular weight excluding hydrogens is 406 g/mol. The average molecular weight is 431 g/mol. The first kappa shape index (κ1) is 21.0. The van der Waals surface area contributed by atoms with E-state index in [1.807, 2.05) is 71.0 Å². The molecule has 0 saturated carbocycles. The molecule has 2 amide bonds. The Morgan fingerprint density at radius 2 is 1.69 bits per heavy atom. The minimum absolute atomic E-state index is 0.311. The number of methoxy groups -OCH3 is 2. The van der Waals surface area contributed by atoms with Gasteiger partial charge in [-0.15, -0.1) is 0 Å². The van der Waals surface area contributed by atoms with Gasteiger partial charge in [0.2, 0.25) is 0 Å². The minimum Gasteiger partial charge on any atom is -0.493 e. The number of aromatic nitrogens is 3. The summed E-state index contributed by atoms with van der Waals surface area (Å²) in [5.74, 6) is 2.02. The highest BCUT2D eigenvalue weighted by Gasteiger charge is 2.18. The molecule has 0 fully saturated rings. The molecule has 0 unspecified atom stereocenters. The SMILES string of the molecule is COc1ccc(NC(=O)NCc2c(C)nn(-c3ccccc3)c2-n2cccc2)cc1OC. The van der Waals surface area contributed by atoms with Gasteiger partial charge in [-0.3, -0.25) is 0 Å². The molecule has 32 heavy (non-hydrogen) atoms. The summed E-state index contributed by atoms with van der Waals surface area (Å²) in [7, 11) is 3.12. The fraction of sp³-hybridized carbons (Fsp3) is 0.167. The molecule has 0 saturated heterocycles. The normalized spacial score (nSPS) is 10.6. The first-order chi connectivity index (χ1) is 15.6. The van der Waals surface area contributed by atoms with Crippen LogP contribution < -0.4 is 20.1 Å². The van der Waals surface area contributed by atoms with Gasteiger partial charge in [-0.25, -0.2) is 9.48 Å². The largest absolute Gasteiger partial charge is 0.493 e. The molecule has 2 aromatic heterocycles. The molecular formula is C24H25N5O3. The van der Waals surface area contributed by atoms with Crippen molar-refractivity contribution >= 4 is 11.7 Å². The highest BCUT2D eigenvalue weighted by molar-refractivity contribution is 5.89. The van der Waals surface area contributed by atoms with Crippen LogP contribution in [0.3, 0.4) is 0 Å². The second-order valence-corrected chi connectivity index (χ2v) is 7.10. The lowest BCUT2D eigenvalue weighted by Gasteiger charge is -2.13. The van der Waals surface area contributed by atoms with E-state index in [2.05, 4.69) is 10.6 Å². The number of para-hydroxylation sites is 1. The number of nitrogens with zero attached hydrogens (tertiary/aromatic N) is 3. The van der Waals surface area contributed by atoms with Crippen LogP contribution in [0, 0.1) is 6.92 Å². The van der Waals surface area contributed by atoms with Gasteiger partial charge in [-0.05, 0) is 43.3 Å². The third-order valence-corrected chi connectivity index (χ3v) is 5.07. The number of hydrogen-bond acceptors (Lipinski definition) is 4. The zero-order valence-corrected chi connectivity index (χ0v) is 18.2. The second-order valence-electron chi connectivity index (χ2n) is 7.10. The maximum atomic E-state index is 12.6. The van der Waals surface area contributed by atoms with Crippen molar-refractivity contribution in [1.29, 1.82) is 0 Å². The second kappa shape index (κ2) is 9.30. The van der Waals surface area contributed by atoms with E-state index in [1.165, 1.54) is 0 Å². The van der Waals surface area contributed by atoms with Crippen molar-refractivity contribution in [1.82, 2.24) is 19.7 Å². The van der Waals surface area contributed by atoms with Crippen molar-refractivity contribution < 1.29 is 14.3 Å². The molecule has 4 aromatic rings. The molecule has 0 radical (unpaired) electrons. The maximum absolute atomic E-state index is 12.6. The number of carbonyl (C=O) groups is 1. The fourth-order valence-electron chi connectivity index (χ4n) is 3.50. The summed E-state index contributed by atoms with van der Waals surface area (Å²) in [6.07, 6.45) is 3.92. The molecule has 2 heterocycles. The number of anilines is 1. The lowest BCUT2D eigenvalue weighted by atomic mass is 10.2. The van der Waals surface area contributed by atoms with Crippen LogP contribution in [0.15, 0.2) is 73.1 Å². The Hall–Kier alpha value is -4.20. The van der Waals surface area contributed by atoms with Crippen LogP contribution in [0.2, 0.25) is 0 Å². The van der Waals surface area contributed by atoms with Gasteiger partial charge in [-0.2, -0.15) is 5.10 Å². The van der Waals surface area contributed by atoms with Gasteiger partial charge in [0.15, 0.2) is 11.5 Å². The lowest BCUT2D eigenvalue weighted by molar-refractivity contribution is 0.251. The van der Waals surface area contributed by atoms with Crippen molar-refractivity contribution in [2.45, 2.75) is 13.5 Å². The molecule has 8 heteroatoms. The number of aryl methyl sites for hydroxylation is 1. The zero-order valence-electron chi connectivity index (χ0n) is 18.2. The number of hydrogen-bond donors (Lipinski definition) is 2. The van der Waals surface area contributed by atoms with Gasteiger partial charge in [0, 0.05) is 29.7 Å². The Balaban J connectivity index is 1.56. The van der Waals surface area contributed by atoms with E-state index in [0.29, 0.717) is 23.7 Å². The van der Waals surface area contributed by atoms with Gasteiger partial charge in [-0.1, -0.05) is 18.2 Å². The Morgan fingerprint density at radius 1 is 0.969 bits per heavy atom. The number of nitrogens with one attached hydrogen (secondary N) is 2. The Morgan fingerprint density at radius 3 is 2.38 bits per heavy atom. The van der Waals surface area contributed by atoms with Gasteiger partial charge in [0.1, 0.15) is 5.82 Å². The monoisotopic (exact) mass is 431 g/mol. The predicted octanol–water partition coefficient (Wildman–Crippen LogP) is 4.31. The fourth-order valence-corrected chi connectivity index (χ4v) is 3.50. The summed E-state index contributed by atoms with van der Waals surface area (Å²) in [6, 6.07) is 18.7. The van der Waals surface area contributed by atoms with E-state index >= 15 is 0 Å². The lowest BCUT2D eigenvalue weighted by Crippen LogP contribution is -2.28. The van der Waals surface area contributed by atoms with Gasteiger partial charge in [0.25, 0.3) is 0 Å². The van der Waals surface area contributed by atoms with Crippen LogP contribution in [0.5, 0.6) is 11.5 Å². The topological polar surface area (TPSA) is 82.3 Å². The van der Waals surface area contributed by atoms with E-state index in [9.17, 15) is 4.79 Å². The number of carbonyl (C=O) groups excluding carboxylic acids is 1. The van der Waals surface area contributed by atoms with Crippen molar-refractivity contribution in [3.05, 3.63) is 84.3 Å². The Labute approximate surface area is 186 Å². The zero-order chi connectivity index (χ0) is 22.5. The van der Waals surface area contributed by atoms with Crippen LogP contribution in [0.4, 0.5) is 10.5 Å². The van der Waals surface area contributed by atoms with Crippen LogP contribution in [0.1, 0.15) is 11.3 Å². The van der Waals surface area contributed by atoms with Crippen LogP contribution in [0.25, 0.3) is 11.5 Å². The van der Waals surface area contributed by atoms with E-state index in [4.69, 9.17) is 14.6 Å². The Kier molecular flexibility index (Phi) is 6.12. The van der Waals surface area contributed by atoms with Crippen molar-refractivity contribution in [2.75, 3.05) is 19.5 Å². The minimum atomic E-state index is -0.331. The number of ether oxygens (including phenoxy) is 2. The third-order valence-electron chi connectivity index (χ3n) is 5.07. The van der Waals surface area contributed by atoms with Crippen LogP contribution >= 0.6 is 0 Å².